The molecule has 0 amide bonds. The molecule has 4 heteroatoms. The summed E-state index contributed by atoms with van der Waals surface area (Å²) >= 11 is 17.8. The predicted octanol–water partition coefficient (Wildman–Crippen LogP) is 3.15. The van der Waals surface area contributed by atoms with E-state index in [1.54, 1.807) is 0 Å². The minimum atomic E-state index is -1.19. The Kier molecular flexibility index (Phi) is 2.74. The van der Waals surface area contributed by atoms with Crippen molar-refractivity contribution < 1.29 is 5.11 Å². The first-order chi connectivity index (χ1) is 6.00. The summed E-state index contributed by atoms with van der Waals surface area (Å²) in [5.74, 6) is 0.799. The topological polar surface area (TPSA) is 20.2 Å². The fraction of sp³-hybridized carbons (Fsp3) is 1.00. The van der Waals surface area contributed by atoms with E-state index >= 15 is 0 Å². The van der Waals surface area contributed by atoms with Gasteiger partial charge in [0.25, 0.3) is 0 Å². The summed E-state index contributed by atoms with van der Waals surface area (Å²) in [5, 5.41) is 9.75. The van der Waals surface area contributed by atoms with Crippen molar-refractivity contribution in [3.8, 4) is 0 Å². The second-order valence-electron chi connectivity index (χ2n) is 4.21. The van der Waals surface area contributed by atoms with E-state index in [1.165, 1.54) is 0 Å². The fourth-order valence-corrected chi connectivity index (χ4v) is 4.00. The molecule has 0 aromatic heterocycles. The molecule has 0 heterocycles. The zero-order valence-electron chi connectivity index (χ0n) is 7.22. The molecule has 2 fully saturated rings. The Bertz CT molecular complexity index is 202. The fourth-order valence-electron chi connectivity index (χ4n) is 2.98. The summed E-state index contributed by atoms with van der Waals surface area (Å²) < 4.78 is -1.19. The van der Waals surface area contributed by atoms with Crippen LogP contribution in [0.25, 0.3) is 0 Å². The summed E-state index contributed by atoms with van der Waals surface area (Å²) in [7, 11) is 0. The van der Waals surface area contributed by atoms with Crippen LogP contribution < -0.4 is 0 Å². The molecular formula is C9H13Cl3O. The molecular weight excluding hydrogens is 230 g/mol. The Morgan fingerprint density at radius 1 is 1.00 bits per heavy atom. The maximum Gasteiger partial charge on any atom is 0.194 e. The molecule has 13 heavy (non-hydrogen) atoms. The Hall–Kier alpha value is 0.830. The molecule has 4 unspecified atom stereocenters. The Morgan fingerprint density at radius 2 is 1.62 bits per heavy atom. The van der Waals surface area contributed by atoms with Crippen LogP contribution in [0.15, 0.2) is 0 Å². The van der Waals surface area contributed by atoms with E-state index in [-0.39, 0.29) is 17.9 Å². The van der Waals surface area contributed by atoms with Gasteiger partial charge in [-0.05, 0) is 37.5 Å². The van der Waals surface area contributed by atoms with Crippen LogP contribution >= 0.6 is 34.8 Å². The Morgan fingerprint density at radius 3 is 2.15 bits per heavy atom. The number of aliphatic hydroxyl groups excluding tert-OH is 1. The second kappa shape index (κ2) is 3.44. The molecule has 2 rings (SSSR count). The maximum atomic E-state index is 9.75. The molecule has 2 aliphatic carbocycles. The first-order valence-corrected chi connectivity index (χ1v) is 5.88. The van der Waals surface area contributed by atoms with Crippen molar-refractivity contribution in [1.82, 2.24) is 0 Å². The van der Waals surface area contributed by atoms with Gasteiger partial charge in [0, 0.05) is 5.92 Å². The van der Waals surface area contributed by atoms with Gasteiger partial charge in [-0.1, -0.05) is 34.8 Å². The average Bonchev–Trinajstić information content (AvgIpc) is 2.35. The van der Waals surface area contributed by atoms with Crippen LogP contribution in [-0.2, 0) is 0 Å². The highest BCUT2D eigenvalue weighted by Crippen LogP contribution is 2.56. The lowest BCUT2D eigenvalue weighted by Gasteiger charge is -2.37. The van der Waals surface area contributed by atoms with Gasteiger partial charge in [-0.15, -0.1) is 0 Å². The van der Waals surface area contributed by atoms with Crippen LogP contribution in [-0.4, -0.2) is 15.0 Å². The highest BCUT2D eigenvalue weighted by molar-refractivity contribution is 6.67. The molecule has 0 radical (unpaired) electrons. The quantitative estimate of drug-likeness (QED) is 0.648. The number of fused-ring (bicyclic) bond motifs is 2. The number of halogens is 3. The van der Waals surface area contributed by atoms with E-state index in [4.69, 9.17) is 34.8 Å². The summed E-state index contributed by atoms with van der Waals surface area (Å²) in [6, 6.07) is 0. The van der Waals surface area contributed by atoms with Crippen molar-refractivity contribution in [3.63, 3.8) is 0 Å². The van der Waals surface area contributed by atoms with E-state index in [1.807, 2.05) is 0 Å². The molecule has 2 aliphatic rings. The summed E-state index contributed by atoms with van der Waals surface area (Å²) in [5.41, 5.74) is 0. The second-order valence-corrected chi connectivity index (χ2v) is 6.58. The number of hydrogen-bond donors (Lipinski definition) is 1. The molecule has 76 valence electrons. The van der Waals surface area contributed by atoms with Crippen molar-refractivity contribution in [2.75, 3.05) is 0 Å². The van der Waals surface area contributed by atoms with E-state index in [2.05, 4.69) is 0 Å². The van der Waals surface area contributed by atoms with Crippen LogP contribution in [0.5, 0.6) is 0 Å². The Labute approximate surface area is 93.4 Å². The maximum absolute atomic E-state index is 9.75. The largest absolute Gasteiger partial charge is 0.393 e. The monoisotopic (exact) mass is 242 g/mol. The number of aliphatic hydroxyl groups is 1. The molecule has 2 bridgehead atoms. The van der Waals surface area contributed by atoms with Crippen molar-refractivity contribution in [2.45, 2.75) is 35.6 Å². The third-order valence-electron chi connectivity index (χ3n) is 3.55. The van der Waals surface area contributed by atoms with E-state index in [9.17, 15) is 5.11 Å². The van der Waals surface area contributed by atoms with Gasteiger partial charge in [0.05, 0.1) is 6.10 Å². The van der Waals surface area contributed by atoms with Gasteiger partial charge in [-0.2, -0.15) is 0 Å². The predicted molar refractivity (Wildman–Crippen MR) is 55.2 cm³/mol. The highest BCUT2D eigenvalue weighted by atomic mass is 35.6. The lowest BCUT2D eigenvalue weighted by atomic mass is 9.78. The van der Waals surface area contributed by atoms with Crippen LogP contribution in [0.2, 0.25) is 0 Å². The third-order valence-corrected chi connectivity index (χ3v) is 4.30. The van der Waals surface area contributed by atoms with Gasteiger partial charge in [0.2, 0.25) is 0 Å². The number of rotatable bonds is 0. The summed E-state index contributed by atoms with van der Waals surface area (Å²) in [6.45, 7) is 0. The van der Waals surface area contributed by atoms with Gasteiger partial charge in [-0.25, -0.2) is 0 Å². The van der Waals surface area contributed by atoms with E-state index in [0.29, 0.717) is 5.92 Å². The average molecular weight is 244 g/mol. The van der Waals surface area contributed by atoms with Gasteiger partial charge < -0.3 is 5.11 Å². The minimum absolute atomic E-state index is 0.0706. The molecule has 0 aliphatic heterocycles. The first-order valence-electron chi connectivity index (χ1n) is 4.75. The number of alkyl halides is 3. The standard InChI is InChI=1S/C9H13Cl3O/c10-9(11,12)8-5-1-3-6(8)7(13)4-2-5/h5-8,13H,1-4H2. The molecule has 0 aromatic carbocycles. The van der Waals surface area contributed by atoms with Crippen LogP contribution in [0.3, 0.4) is 0 Å². The number of hydrogen-bond acceptors (Lipinski definition) is 1. The summed E-state index contributed by atoms with van der Waals surface area (Å²) in [4.78, 5) is 0. The highest BCUT2D eigenvalue weighted by Gasteiger charge is 2.52. The molecule has 1 N–H and O–H groups in total. The molecule has 0 spiro atoms. The first kappa shape index (κ1) is 10.4. The lowest BCUT2D eigenvalue weighted by Crippen LogP contribution is -2.39. The Balaban J connectivity index is 2.20. The van der Waals surface area contributed by atoms with Gasteiger partial charge >= 0.3 is 0 Å². The van der Waals surface area contributed by atoms with Crippen LogP contribution in [0, 0.1) is 17.8 Å². The van der Waals surface area contributed by atoms with Gasteiger partial charge in [0.1, 0.15) is 0 Å². The normalized spacial score (nSPS) is 45.2. The molecule has 0 aromatic rings. The van der Waals surface area contributed by atoms with Crippen molar-refractivity contribution in [2.24, 2.45) is 17.8 Å². The van der Waals surface area contributed by atoms with Crippen molar-refractivity contribution in [1.29, 1.82) is 0 Å². The minimum Gasteiger partial charge on any atom is -0.393 e. The molecule has 2 saturated carbocycles. The van der Waals surface area contributed by atoms with E-state index in [0.717, 1.165) is 25.7 Å². The lowest BCUT2D eigenvalue weighted by molar-refractivity contribution is 0.0388. The molecule has 4 atom stereocenters. The zero-order valence-corrected chi connectivity index (χ0v) is 9.49. The third kappa shape index (κ3) is 1.81. The molecule has 0 saturated heterocycles. The van der Waals surface area contributed by atoms with Crippen molar-refractivity contribution in [3.05, 3.63) is 0 Å². The zero-order chi connectivity index (χ0) is 9.64. The van der Waals surface area contributed by atoms with Crippen molar-refractivity contribution >= 4 is 34.8 Å². The van der Waals surface area contributed by atoms with Crippen LogP contribution in [0.4, 0.5) is 0 Å². The smallest absolute Gasteiger partial charge is 0.194 e. The van der Waals surface area contributed by atoms with Gasteiger partial charge in [0.15, 0.2) is 3.79 Å². The van der Waals surface area contributed by atoms with Gasteiger partial charge in [-0.3, -0.25) is 0 Å². The SMILES string of the molecule is OC1CCC2CCC1C2C(Cl)(Cl)Cl. The van der Waals surface area contributed by atoms with E-state index < -0.39 is 3.79 Å². The molecule has 1 nitrogen and oxygen atoms in total. The summed E-state index contributed by atoms with van der Waals surface area (Å²) in [6.07, 6.45) is 3.77. The van der Waals surface area contributed by atoms with Crippen LogP contribution in [0.1, 0.15) is 25.7 Å².